The van der Waals surface area contributed by atoms with Gasteiger partial charge in [-0.05, 0) is 54.7 Å². The van der Waals surface area contributed by atoms with Gasteiger partial charge in [0.05, 0.1) is 5.02 Å². The second kappa shape index (κ2) is 4.78. The standard InChI is InChI=1S/C16H12ClFO/c17-15-7-6-13(18)9-14(15)16(19)12-5-4-10-2-1-3-11(10)8-12/h4-9H,1-3H2. The molecule has 0 spiro atoms. The third-order valence-electron chi connectivity index (χ3n) is 3.53. The van der Waals surface area contributed by atoms with Crippen molar-refractivity contribution < 1.29 is 9.18 Å². The molecule has 0 N–H and O–H groups in total. The molecule has 0 aromatic heterocycles. The van der Waals surface area contributed by atoms with Gasteiger partial charge in [0.25, 0.3) is 0 Å². The van der Waals surface area contributed by atoms with E-state index in [1.165, 1.54) is 29.3 Å². The molecule has 0 amide bonds. The molecule has 0 unspecified atom stereocenters. The minimum absolute atomic E-state index is 0.222. The van der Waals surface area contributed by atoms with Crippen molar-refractivity contribution in [3.8, 4) is 0 Å². The van der Waals surface area contributed by atoms with Gasteiger partial charge in [-0.15, -0.1) is 0 Å². The number of fused-ring (bicyclic) bond motifs is 1. The summed E-state index contributed by atoms with van der Waals surface area (Å²) in [6.07, 6.45) is 3.21. The molecule has 2 aromatic carbocycles. The highest BCUT2D eigenvalue weighted by atomic mass is 35.5. The van der Waals surface area contributed by atoms with E-state index in [-0.39, 0.29) is 16.4 Å². The summed E-state index contributed by atoms with van der Waals surface area (Å²) in [6, 6.07) is 9.56. The van der Waals surface area contributed by atoms with Crippen LogP contribution in [0.1, 0.15) is 33.5 Å². The Kier molecular flexibility index (Phi) is 3.11. The van der Waals surface area contributed by atoms with Crippen LogP contribution in [0.15, 0.2) is 36.4 Å². The average Bonchev–Trinajstić information content (AvgIpc) is 2.88. The fourth-order valence-corrected chi connectivity index (χ4v) is 2.74. The van der Waals surface area contributed by atoms with Crippen molar-refractivity contribution in [2.75, 3.05) is 0 Å². The summed E-state index contributed by atoms with van der Waals surface area (Å²) in [7, 11) is 0. The highest BCUT2D eigenvalue weighted by Gasteiger charge is 2.17. The maximum absolute atomic E-state index is 13.2. The van der Waals surface area contributed by atoms with Crippen LogP contribution in [-0.2, 0) is 12.8 Å². The fourth-order valence-electron chi connectivity index (χ4n) is 2.54. The summed E-state index contributed by atoms with van der Waals surface area (Å²) in [5.41, 5.74) is 3.33. The van der Waals surface area contributed by atoms with Gasteiger partial charge in [0.1, 0.15) is 5.82 Å². The Labute approximate surface area is 116 Å². The van der Waals surface area contributed by atoms with Crippen LogP contribution in [0.3, 0.4) is 0 Å². The van der Waals surface area contributed by atoms with Crippen molar-refractivity contribution >= 4 is 17.4 Å². The number of carbonyl (C=O) groups is 1. The van der Waals surface area contributed by atoms with Crippen molar-refractivity contribution in [3.05, 3.63) is 69.5 Å². The number of hydrogen-bond donors (Lipinski definition) is 0. The van der Waals surface area contributed by atoms with E-state index in [2.05, 4.69) is 0 Å². The lowest BCUT2D eigenvalue weighted by molar-refractivity contribution is 0.103. The monoisotopic (exact) mass is 274 g/mol. The van der Waals surface area contributed by atoms with Gasteiger partial charge in [-0.2, -0.15) is 0 Å². The molecule has 0 saturated carbocycles. The highest BCUT2D eigenvalue weighted by molar-refractivity contribution is 6.35. The van der Waals surface area contributed by atoms with Crippen molar-refractivity contribution in [1.82, 2.24) is 0 Å². The molecule has 0 atom stereocenters. The first-order chi connectivity index (χ1) is 9.15. The molecule has 19 heavy (non-hydrogen) atoms. The van der Waals surface area contributed by atoms with Gasteiger partial charge in [-0.1, -0.05) is 23.7 Å². The lowest BCUT2D eigenvalue weighted by Crippen LogP contribution is -2.03. The Hall–Kier alpha value is -1.67. The maximum atomic E-state index is 13.2. The SMILES string of the molecule is O=C(c1ccc2c(c1)CCC2)c1cc(F)ccc1Cl. The van der Waals surface area contributed by atoms with E-state index >= 15 is 0 Å². The zero-order valence-electron chi connectivity index (χ0n) is 10.2. The zero-order valence-corrected chi connectivity index (χ0v) is 11.0. The van der Waals surface area contributed by atoms with Crippen LogP contribution in [-0.4, -0.2) is 5.78 Å². The Morgan fingerprint density at radius 1 is 1.05 bits per heavy atom. The molecular formula is C16H12ClFO. The van der Waals surface area contributed by atoms with Crippen LogP contribution in [0.5, 0.6) is 0 Å². The van der Waals surface area contributed by atoms with Crippen LogP contribution >= 0.6 is 11.6 Å². The molecule has 1 aliphatic rings. The average molecular weight is 275 g/mol. The van der Waals surface area contributed by atoms with Crippen molar-refractivity contribution in [3.63, 3.8) is 0 Å². The predicted octanol–water partition coefficient (Wildman–Crippen LogP) is 4.20. The zero-order chi connectivity index (χ0) is 13.4. The summed E-state index contributed by atoms with van der Waals surface area (Å²) in [5, 5.41) is 0.284. The van der Waals surface area contributed by atoms with E-state index in [0.29, 0.717) is 5.56 Å². The molecule has 0 radical (unpaired) electrons. The molecule has 96 valence electrons. The van der Waals surface area contributed by atoms with Gasteiger partial charge in [0, 0.05) is 11.1 Å². The lowest BCUT2D eigenvalue weighted by atomic mass is 9.99. The third-order valence-corrected chi connectivity index (χ3v) is 3.86. The quantitative estimate of drug-likeness (QED) is 0.750. The van der Waals surface area contributed by atoms with Gasteiger partial charge in [-0.3, -0.25) is 4.79 Å². The molecule has 0 heterocycles. The van der Waals surface area contributed by atoms with Gasteiger partial charge < -0.3 is 0 Å². The smallest absolute Gasteiger partial charge is 0.194 e. The summed E-state index contributed by atoms with van der Waals surface area (Å²) < 4.78 is 13.2. The Balaban J connectivity index is 2.02. The number of halogens is 2. The van der Waals surface area contributed by atoms with Crippen LogP contribution in [0, 0.1) is 5.82 Å². The molecule has 3 rings (SSSR count). The molecule has 1 nitrogen and oxygen atoms in total. The Morgan fingerprint density at radius 3 is 2.68 bits per heavy atom. The third kappa shape index (κ3) is 2.28. The van der Waals surface area contributed by atoms with Gasteiger partial charge in [-0.25, -0.2) is 4.39 Å². The van der Waals surface area contributed by atoms with Crippen molar-refractivity contribution in [2.24, 2.45) is 0 Å². The first-order valence-corrected chi connectivity index (χ1v) is 6.64. The summed E-state index contributed by atoms with van der Waals surface area (Å²) in [5.74, 6) is -0.673. The van der Waals surface area contributed by atoms with E-state index in [1.54, 1.807) is 6.07 Å². The maximum Gasteiger partial charge on any atom is 0.194 e. The number of hydrogen-bond acceptors (Lipinski definition) is 1. The van der Waals surface area contributed by atoms with Gasteiger partial charge in [0.15, 0.2) is 5.78 Å². The van der Waals surface area contributed by atoms with Crippen LogP contribution in [0.2, 0.25) is 5.02 Å². The minimum atomic E-state index is -0.450. The first kappa shape index (κ1) is 12.4. The van der Waals surface area contributed by atoms with E-state index in [9.17, 15) is 9.18 Å². The molecule has 0 saturated heterocycles. The van der Waals surface area contributed by atoms with Crippen molar-refractivity contribution in [2.45, 2.75) is 19.3 Å². The minimum Gasteiger partial charge on any atom is -0.289 e. The summed E-state index contributed by atoms with van der Waals surface area (Å²) >= 11 is 5.97. The van der Waals surface area contributed by atoms with E-state index in [1.807, 2.05) is 12.1 Å². The fraction of sp³-hybridized carbons (Fsp3) is 0.188. The number of aryl methyl sites for hydroxylation is 2. The molecular weight excluding hydrogens is 263 g/mol. The largest absolute Gasteiger partial charge is 0.289 e. The molecule has 2 aromatic rings. The Morgan fingerprint density at radius 2 is 1.84 bits per heavy atom. The van der Waals surface area contributed by atoms with Crippen LogP contribution < -0.4 is 0 Å². The van der Waals surface area contributed by atoms with Crippen molar-refractivity contribution in [1.29, 1.82) is 0 Å². The molecule has 3 heteroatoms. The normalized spacial score (nSPS) is 13.4. The summed E-state index contributed by atoms with van der Waals surface area (Å²) in [6.45, 7) is 0. The Bertz CT molecular complexity index is 664. The first-order valence-electron chi connectivity index (χ1n) is 6.27. The molecule has 0 bridgehead atoms. The van der Waals surface area contributed by atoms with Crippen LogP contribution in [0.25, 0.3) is 0 Å². The molecule has 0 aliphatic heterocycles. The van der Waals surface area contributed by atoms with Gasteiger partial charge >= 0.3 is 0 Å². The number of carbonyl (C=O) groups excluding carboxylic acids is 1. The predicted molar refractivity (Wildman–Crippen MR) is 73.3 cm³/mol. The molecule has 1 aliphatic carbocycles. The van der Waals surface area contributed by atoms with E-state index in [0.717, 1.165) is 19.3 Å². The van der Waals surface area contributed by atoms with Gasteiger partial charge in [0.2, 0.25) is 0 Å². The number of rotatable bonds is 2. The summed E-state index contributed by atoms with van der Waals surface area (Å²) in [4.78, 5) is 12.4. The second-order valence-electron chi connectivity index (χ2n) is 4.79. The lowest BCUT2D eigenvalue weighted by Gasteiger charge is -2.06. The second-order valence-corrected chi connectivity index (χ2v) is 5.20. The number of ketones is 1. The van der Waals surface area contributed by atoms with E-state index in [4.69, 9.17) is 11.6 Å². The molecule has 0 fully saturated rings. The highest BCUT2D eigenvalue weighted by Crippen LogP contribution is 2.26. The number of benzene rings is 2. The van der Waals surface area contributed by atoms with E-state index < -0.39 is 5.82 Å². The topological polar surface area (TPSA) is 17.1 Å². The van der Waals surface area contributed by atoms with Crippen LogP contribution in [0.4, 0.5) is 4.39 Å².